The van der Waals surface area contributed by atoms with E-state index < -0.39 is 0 Å². The summed E-state index contributed by atoms with van der Waals surface area (Å²) in [6, 6.07) is 0. The number of fused-ring (bicyclic) bond motifs is 5. The maximum Gasteiger partial charge on any atom is -0.0264 e. The fourth-order valence-corrected chi connectivity index (χ4v) is 9.87. The van der Waals surface area contributed by atoms with Crippen LogP contribution in [-0.2, 0) is 0 Å². The minimum atomic E-state index is 0.648. The second-order valence-electron chi connectivity index (χ2n) is 13.4. The van der Waals surface area contributed by atoms with Crippen molar-refractivity contribution < 1.29 is 0 Å². The molecule has 0 aromatic rings. The Hall–Kier alpha value is 0. The summed E-state index contributed by atoms with van der Waals surface area (Å²) in [6.45, 7) is 18.1. The first-order valence-electron chi connectivity index (χ1n) is 13.7. The van der Waals surface area contributed by atoms with Gasteiger partial charge in [0.25, 0.3) is 0 Å². The van der Waals surface area contributed by atoms with Crippen molar-refractivity contribution in [3.8, 4) is 0 Å². The third-order valence-electron chi connectivity index (χ3n) is 11.7. The van der Waals surface area contributed by atoms with Crippen LogP contribution in [0.5, 0.6) is 0 Å². The van der Waals surface area contributed by atoms with E-state index in [2.05, 4.69) is 48.5 Å². The highest BCUT2D eigenvalue weighted by Crippen LogP contribution is 2.69. The maximum atomic E-state index is 2.76. The van der Waals surface area contributed by atoms with Crippen molar-refractivity contribution in [3.63, 3.8) is 0 Å². The first-order chi connectivity index (χ1) is 13.7. The van der Waals surface area contributed by atoms with Crippen molar-refractivity contribution in [2.75, 3.05) is 0 Å². The molecule has 4 aliphatic rings. The molecular weight excluding hydrogens is 348 g/mol. The summed E-state index contributed by atoms with van der Waals surface area (Å²) in [7, 11) is 0. The average Bonchev–Trinajstić information content (AvgIpc) is 3.03. The van der Waals surface area contributed by atoms with Crippen molar-refractivity contribution in [2.24, 2.45) is 64.1 Å². The Bertz CT molecular complexity index is 562. The van der Waals surface area contributed by atoms with Crippen LogP contribution in [-0.4, -0.2) is 0 Å². The topological polar surface area (TPSA) is 0 Å². The standard InChI is InChI=1S/C29H52/c1-8-22-13-15-28(6)23(18-22)17-21(5)27-25-12-11-24(20(4)10-9-19(2)3)29(25,7)16-14-26(27)28/h19-27H,8-18H2,1-7H3. The minimum absolute atomic E-state index is 0.648. The van der Waals surface area contributed by atoms with Crippen molar-refractivity contribution >= 4 is 0 Å². The van der Waals surface area contributed by atoms with Crippen LogP contribution in [0, 0.1) is 64.1 Å². The SMILES string of the molecule is CCC1CCC2(C)C(C1)CC(C)C1C2CCC2(C)C(C(C)CCC(C)C)CCC12. The van der Waals surface area contributed by atoms with Crippen LogP contribution in [0.15, 0.2) is 0 Å². The highest BCUT2D eigenvalue weighted by atomic mass is 14.7. The molecule has 4 aliphatic carbocycles. The van der Waals surface area contributed by atoms with Gasteiger partial charge in [-0.25, -0.2) is 0 Å². The summed E-state index contributed by atoms with van der Waals surface area (Å²) in [5, 5.41) is 0. The van der Waals surface area contributed by atoms with Gasteiger partial charge in [-0.1, -0.05) is 67.7 Å². The lowest BCUT2D eigenvalue weighted by atomic mass is 9.42. The zero-order chi connectivity index (χ0) is 21.0. The van der Waals surface area contributed by atoms with E-state index in [1.54, 1.807) is 38.5 Å². The molecule has 10 unspecified atom stereocenters. The van der Waals surface area contributed by atoms with Gasteiger partial charge in [-0.2, -0.15) is 0 Å². The van der Waals surface area contributed by atoms with E-state index >= 15 is 0 Å². The Morgan fingerprint density at radius 2 is 1.52 bits per heavy atom. The summed E-state index contributed by atoms with van der Waals surface area (Å²) in [5.41, 5.74) is 1.32. The van der Waals surface area contributed by atoms with Gasteiger partial charge in [0.05, 0.1) is 0 Å². The lowest BCUT2D eigenvalue weighted by molar-refractivity contribution is -0.143. The van der Waals surface area contributed by atoms with Crippen molar-refractivity contribution in [1.29, 1.82) is 0 Å². The van der Waals surface area contributed by atoms with Crippen LogP contribution in [0.2, 0.25) is 0 Å². The molecule has 29 heavy (non-hydrogen) atoms. The highest BCUT2D eigenvalue weighted by molar-refractivity contribution is 5.11. The molecule has 0 bridgehead atoms. The zero-order valence-electron chi connectivity index (χ0n) is 21.0. The number of hydrogen-bond donors (Lipinski definition) is 0. The third-order valence-corrected chi connectivity index (χ3v) is 11.7. The molecule has 0 spiro atoms. The summed E-state index contributed by atoms with van der Waals surface area (Å²) >= 11 is 0. The molecule has 0 aromatic heterocycles. The van der Waals surface area contributed by atoms with Gasteiger partial charge in [0.1, 0.15) is 0 Å². The van der Waals surface area contributed by atoms with Gasteiger partial charge in [0.15, 0.2) is 0 Å². The van der Waals surface area contributed by atoms with Crippen LogP contribution in [0.3, 0.4) is 0 Å². The van der Waals surface area contributed by atoms with E-state index in [-0.39, 0.29) is 0 Å². The predicted molar refractivity (Wildman–Crippen MR) is 127 cm³/mol. The molecule has 4 fully saturated rings. The van der Waals surface area contributed by atoms with Gasteiger partial charge in [0, 0.05) is 0 Å². The normalized spacial score (nSPS) is 50.7. The second-order valence-corrected chi connectivity index (χ2v) is 13.4. The molecule has 4 rings (SSSR count). The van der Waals surface area contributed by atoms with Gasteiger partial charge in [-0.3, -0.25) is 0 Å². The fourth-order valence-electron chi connectivity index (χ4n) is 9.87. The quantitative estimate of drug-likeness (QED) is 0.432. The third kappa shape index (κ3) is 3.65. The molecule has 0 nitrogen and oxygen atoms in total. The van der Waals surface area contributed by atoms with E-state index in [1.807, 2.05) is 0 Å². The first-order valence-corrected chi connectivity index (χ1v) is 13.7. The lowest BCUT2D eigenvalue weighted by Crippen LogP contribution is -2.56. The molecule has 0 heteroatoms. The first kappa shape index (κ1) is 22.2. The molecule has 0 heterocycles. The highest BCUT2D eigenvalue weighted by Gasteiger charge is 2.62. The summed E-state index contributed by atoms with van der Waals surface area (Å²) in [5.74, 6) is 8.95. The molecule has 0 saturated heterocycles. The summed E-state index contributed by atoms with van der Waals surface area (Å²) in [6.07, 6.45) is 16.7. The minimum Gasteiger partial charge on any atom is -0.0651 e. The summed E-state index contributed by atoms with van der Waals surface area (Å²) < 4.78 is 0. The molecule has 168 valence electrons. The second kappa shape index (κ2) is 8.16. The molecule has 0 aliphatic heterocycles. The Kier molecular flexibility index (Phi) is 6.25. The van der Waals surface area contributed by atoms with Gasteiger partial charge in [0.2, 0.25) is 0 Å². The van der Waals surface area contributed by atoms with E-state index in [1.165, 1.54) is 32.1 Å². The Morgan fingerprint density at radius 3 is 2.21 bits per heavy atom. The van der Waals surface area contributed by atoms with Crippen molar-refractivity contribution in [2.45, 2.75) is 119 Å². The Morgan fingerprint density at radius 1 is 0.828 bits per heavy atom. The van der Waals surface area contributed by atoms with Crippen LogP contribution >= 0.6 is 0 Å². The average molecular weight is 401 g/mol. The number of rotatable bonds is 5. The van der Waals surface area contributed by atoms with E-state index in [0.717, 1.165) is 53.3 Å². The maximum absolute atomic E-state index is 2.76. The predicted octanol–water partition coefficient (Wildman–Crippen LogP) is 8.99. The van der Waals surface area contributed by atoms with Crippen molar-refractivity contribution in [3.05, 3.63) is 0 Å². The molecule has 0 radical (unpaired) electrons. The van der Waals surface area contributed by atoms with Crippen LogP contribution in [0.4, 0.5) is 0 Å². The number of hydrogen-bond acceptors (Lipinski definition) is 0. The van der Waals surface area contributed by atoms with Gasteiger partial charge in [-0.15, -0.1) is 0 Å². The van der Waals surface area contributed by atoms with Crippen LogP contribution in [0.25, 0.3) is 0 Å². The molecule has 0 aromatic carbocycles. The van der Waals surface area contributed by atoms with Crippen LogP contribution < -0.4 is 0 Å². The monoisotopic (exact) mass is 400 g/mol. The molecule has 10 atom stereocenters. The van der Waals surface area contributed by atoms with Crippen molar-refractivity contribution in [1.82, 2.24) is 0 Å². The largest absolute Gasteiger partial charge is 0.0651 e. The van der Waals surface area contributed by atoms with E-state index in [9.17, 15) is 0 Å². The Labute approximate surface area is 183 Å². The van der Waals surface area contributed by atoms with Crippen LogP contribution in [0.1, 0.15) is 119 Å². The Balaban J connectivity index is 1.53. The van der Waals surface area contributed by atoms with Gasteiger partial charge >= 0.3 is 0 Å². The van der Waals surface area contributed by atoms with E-state index in [0.29, 0.717) is 10.8 Å². The van der Waals surface area contributed by atoms with E-state index in [4.69, 9.17) is 0 Å². The molecule has 4 saturated carbocycles. The lowest BCUT2D eigenvalue weighted by Gasteiger charge is -2.63. The smallest absolute Gasteiger partial charge is 0.0264 e. The molecular formula is C29H52. The zero-order valence-corrected chi connectivity index (χ0v) is 21.0. The molecule has 0 amide bonds. The summed E-state index contributed by atoms with van der Waals surface area (Å²) in [4.78, 5) is 0. The van der Waals surface area contributed by atoms with Gasteiger partial charge in [-0.05, 0) is 115 Å². The fraction of sp³-hybridized carbons (Fsp3) is 1.00. The van der Waals surface area contributed by atoms with Gasteiger partial charge < -0.3 is 0 Å². The molecule has 0 N–H and O–H groups in total.